The number of carbonyl (C=O) groups excluding carboxylic acids is 4. The van der Waals surface area contributed by atoms with Crippen LogP contribution in [-0.2, 0) is 47.2 Å². The Hall–Kier alpha value is -2.13. The number of phosphoric acid groups is 1. The molecule has 2 unspecified atom stereocenters. The molecule has 7 atom stereocenters. The standard InChI is InChI=1S/C53H100NO14P/c1-5-8-11-14-17-20-22-23-26-28-31-34-37-43(36-33-30-27-25-21-18-15-12-9-6-2)52(59)67-51-49(54-46(56)41-44(55)38-35-32-29-24-19-16-13-10-7-3)53(60)66-45(50(51)68-69(61,62)63)42-65-48(58)40-39-47(57)64-4/h43-45,49-51,53,55,60H,5-42H2,1-4H3,(H,54,56)(H2,61,62,63)/t43?,44-,45-,49-,50-,51-,53?/m1/s1. The van der Waals surface area contributed by atoms with Crippen LogP contribution in [0.25, 0.3) is 0 Å². The van der Waals surface area contributed by atoms with E-state index in [1.807, 2.05) is 0 Å². The highest BCUT2D eigenvalue weighted by Gasteiger charge is 2.52. The fourth-order valence-electron chi connectivity index (χ4n) is 9.16. The summed E-state index contributed by atoms with van der Waals surface area (Å²) in [4.78, 5) is 72.4. The summed E-state index contributed by atoms with van der Waals surface area (Å²) in [5, 5.41) is 24.8. The van der Waals surface area contributed by atoms with E-state index in [4.69, 9.17) is 18.7 Å². The van der Waals surface area contributed by atoms with Crippen molar-refractivity contribution in [3.63, 3.8) is 0 Å². The zero-order chi connectivity index (χ0) is 51.0. The van der Waals surface area contributed by atoms with E-state index in [1.165, 1.54) is 129 Å². The molecule has 0 aromatic carbocycles. The lowest BCUT2D eigenvalue weighted by Gasteiger charge is -2.44. The number of esters is 3. The largest absolute Gasteiger partial charge is 0.470 e. The number of phosphoric ester groups is 1. The molecule has 0 aliphatic carbocycles. The van der Waals surface area contributed by atoms with Crippen LogP contribution in [0.1, 0.15) is 258 Å². The third-order valence-electron chi connectivity index (χ3n) is 13.4. The summed E-state index contributed by atoms with van der Waals surface area (Å²) in [5.74, 6) is -3.46. The lowest BCUT2D eigenvalue weighted by molar-refractivity contribution is -0.258. The van der Waals surface area contributed by atoms with Crippen LogP contribution in [0.2, 0.25) is 0 Å². The number of ether oxygens (including phenoxy) is 4. The first-order chi connectivity index (χ1) is 33.3. The minimum atomic E-state index is -5.37. The number of unbranched alkanes of at least 4 members (excludes halogenated alkanes) is 28. The Balaban J connectivity index is 3.21. The summed E-state index contributed by atoms with van der Waals surface area (Å²) in [6.07, 6.45) is 27.4. The number of nitrogens with one attached hydrogen (secondary N) is 1. The summed E-state index contributed by atoms with van der Waals surface area (Å²) in [5.41, 5.74) is 0. The van der Waals surface area contributed by atoms with Gasteiger partial charge in [0, 0.05) is 0 Å². The maximum Gasteiger partial charge on any atom is 0.470 e. The molecule has 1 saturated heterocycles. The first-order valence-electron chi connectivity index (χ1n) is 27.7. The van der Waals surface area contributed by atoms with Crippen LogP contribution < -0.4 is 5.32 Å². The van der Waals surface area contributed by atoms with Gasteiger partial charge in [-0.2, -0.15) is 0 Å². The molecule has 0 radical (unpaired) electrons. The van der Waals surface area contributed by atoms with Gasteiger partial charge in [-0.05, 0) is 19.3 Å². The molecule has 0 bridgehead atoms. The number of hydrogen-bond acceptors (Lipinski definition) is 12. The van der Waals surface area contributed by atoms with Gasteiger partial charge in [-0.3, -0.25) is 23.7 Å². The Labute approximate surface area is 417 Å². The van der Waals surface area contributed by atoms with E-state index in [0.717, 1.165) is 77.0 Å². The predicted molar refractivity (Wildman–Crippen MR) is 270 cm³/mol. The topological polar surface area (TPSA) is 224 Å². The Bertz CT molecular complexity index is 1350. The number of aliphatic hydroxyl groups is 2. The number of aliphatic hydroxyl groups excluding tert-OH is 2. The minimum absolute atomic E-state index is 0.287. The van der Waals surface area contributed by atoms with Crippen LogP contribution >= 0.6 is 7.82 Å². The first kappa shape index (κ1) is 64.9. The van der Waals surface area contributed by atoms with Crippen molar-refractivity contribution in [3.8, 4) is 0 Å². The molecular formula is C53H100NO14P. The summed E-state index contributed by atoms with van der Waals surface area (Å²) in [7, 11) is -4.20. The Morgan fingerprint density at radius 1 is 0.580 bits per heavy atom. The third kappa shape index (κ3) is 34.8. The molecule has 1 aliphatic rings. The van der Waals surface area contributed by atoms with Gasteiger partial charge < -0.3 is 44.3 Å². The van der Waals surface area contributed by atoms with E-state index in [2.05, 4.69) is 30.8 Å². The molecule has 1 aliphatic heterocycles. The highest BCUT2D eigenvalue weighted by atomic mass is 31.2. The van der Waals surface area contributed by atoms with Crippen molar-refractivity contribution < 1.29 is 67.2 Å². The van der Waals surface area contributed by atoms with Gasteiger partial charge in [-0.15, -0.1) is 0 Å². The number of hydrogen-bond donors (Lipinski definition) is 5. The number of rotatable bonds is 46. The molecule has 0 aromatic heterocycles. The molecule has 16 heteroatoms. The molecule has 5 N–H and O–H groups in total. The third-order valence-corrected chi connectivity index (χ3v) is 13.9. The van der Waals surface area contributed by atoms with Crippen molar-refractivity contribution >= 4 is 31.6 Å². The summed E-state index contributed by atoms with van der Waals surface area (Å²) >= 11 is 0. The van der Waals surface area contributed by atoms with E-state index in [1.54, 1.807) is 0 Å². The maximum absolute atomic E-state index is 14.4. The molecule has 1 fully saturated rings. The van der Waals surface area contributed by atoms with E-state index in [0.29, 0.717) is 19.3 Å². The van der Waals surface area contributed by atoms with Crippen molar-refractivity contribution in [2.75, 3.05) is 13.7 Å². The zero-order valence-electron chi connectivity index (χ0n) is 43.7. The molecule has 69 heavy (non-hydrogen) atoms. The fraction of sp³-hybridized carbons (Fsp3) is 0.925. The van der Waals surface area contributed by atoms with Crippen LogP contribution in [-0.4, -0.2) is 94.3 Å². The van der Waals surface area contributed by atoms with Gasteiger partial charge in [-0.1, -0.05) is 220 Å². The van der Waals surface area contributed by atoms with Crippen LogP contribution in [0.5, 0.6) is 0 Å². The summed E-state index contributed by atoms with van der Waals surface area (Å²) in [6.45, 7) is 5.92. The molecule has 1 rings (SSSR count). The lowest BCUT2D eigenvalue weighted by atomic mass is 9.92. The molecule has 0 aromatic rings. The molecular weight excluding hydrogens is 906 g/mol. The summed E-state index contributed by atoms with van der Waals surface area (Å²) in [6, 6.07) is -1.58. The van der Waals surface area contributed by atoms with Crippen LogP contribution in [0.15, 0.2) is 0 Å². The Kier molecular flexibility index (Phi) is 39.9. The Morgan fingerprint density at radius 2 is 0.971 bits per heavy atom. The van der Waals surface area contributed by atoms with Crippen molar-refractivity contribution in [1.29, 1.82) is 0 Å². The van der Waals surface area contributed by atoms with Gasteiger partial charge in [0.15, 0.2) is 12.4 Å². The Morgan fingerprint density at radius 3 is 1.38 bits per heavy atom. The molecule has 1 heterocycles. The van der Waals surface area contributed by atoms with Gasteiger partial charge in [-0.25, -0.2) is 4.57 Å². The van der Waals surface area contributed by atoms with Gasteiger partial charge in [0.2, 0.25) is 5.91 Å². The van der Waals surface area contributed by atoms with Gasteiger partial charge in [0.05, 0.1) is 38.4 Å². The maximum atomic E-state index is 14.4. The van der Waals surface area contributed by atoms with Crippen LogP contribution in [0.4, 0.5) is 0 Å². The second-order valence-corrected chi connectivity index (χ2v) is 20.9. The van der Waals surface area contributed by atoms with Crippen molar-refractivity contribution in [2.45, 2.75) is 295 Å². The van der Waals surface area contributed by atoms with Crippen molar-refractivity contribution in [3.05, 3.63) is 0 Å². The smallest absolute Gasteiger partial charge is 0.469 e. The number of amides is 1. The van der Waals surface area contributed by atoms with E-state index < -0.39 is 80.9 Å². The second-order valence-electron chi connectivity index (χ2n) is 19.7. The fourth-order valence-corrected chi connectivity index (χ4v) is 9.73. The van der Waals surface area contributed by atoms with E-state index >= 15 is 0 Å². The lowest BCUT2D eigenvalue weighted by Crippen LogP contribution is -2.66. The molecule has 0 spiro atoms. The van der Waals surface area contributed by atoms with Gasteiger partial charge >= 0.3 is 25.7 Å². The average Bonchev–Trinajstić information content (AvgIpc) is 3.31. The predicted octanol–water partition coefficient (Wildman–Crippen LogP) is 11.8. The SMILES string of the molecule is CCCCCCCCCCCCCCC(CCCCCCCCCCCC)C(=O)O[C@H]1[C@H](OP(=O)(O)O)[C@@H](COC(=O)CCC(=O)OC)OC(O)[C@@H]1NC(=O)C[C@H](O)CCCCCCCCCCC. The van der Waals surface area contributed by atoms with Crippen molar-refractivity contribution in [1.82, 2.24) is 5.32 Å². The van der Waals surface area contributed by atoms with Gasteiger partial charge in [0.25, 0.3) is 0 Å². The van der Waals surface area contributed by atoms with Crippen molar-refractivity contribution in [2.24, 2.45) is 5.92 Å². The van der Waals surface area contributed by atoms with E-state index in [9.17, 15) is 43.7 Å². The van der Waals surface area contributed by atoms with Gasteiger partial charge in [0.1, 0.15) is 24.9 Å². The summed E-state index contributed by atoms with van der Waals surface area (Å²) < 4.78 is 39.5. The average molecular weight is 1010 g/mol. The molecule has 406 valence electrons. The number of methoxy groups -OCH3 is 1. The quantitative estimate of drug-likeness (QED) is 0.0166. The van der Waals surface area contributed by atoms with Crippen LogP contribution in [0, 0.1) is 5.92 Å². The normalized spacial score (nSPS) is 19.2. The zero-order valence-corrected chi connectivity index (χ0v) is 44.6. The monoisotopic (exact) mass is 1010 g/mol. The highest BCUT2D eigenvalue weighted by Crippen LogP contribution is 2.42. The van der Waals surface area contributed by atoms with E-state index in [-0.39, 0.29) is 19.3 Å². The molecule has 0 saturated carbocycles. The van der Waals surface area contributed by atoms with Crippen LogP contribution in [0.3, 0.4) is 0 Å². The molecule has 15 nitrogen and oxygen atoms in total. The number of carbonyl (C=O) groups is 4. The molecule has 1 amide bonds. The second kappa shape index (κ2) is 42.4. The minimum Gasteiger partial charge on any atom is -0.469 e. The first-order valence-corrected chi connectivity index (χ1v) is 29.3. The highest BCUT2D eigenvalue weighted by molar-refractivity contribution is 7.46.